The molecule has 2 aliphatic rings. The van der Waals surface area contributed by atoms with Crippen molar-refractivity contribution >= 4 is 17.7 Å². The molecule has 1 saturated carbocycles. The molecule has 0 aromatic heterocycles. The first-order valence-electron chi connectivity index (χ1n) is 9.19. The average molecular weight is 348 g/mol. The number of nitrogens with zero attached hydrogens (tertiary/aromatic N) is 1. The van der Waals surface area contributed by atoms with Crippen LogP contribution in [0.4, 0.5) is 0 Å². The fourth-order valence-electron chi connectivity index (χ4n) is 2.79. The monoisotopic (exact) mass is 347 g/mol. The van der Waals surface area contributed by atoms with Gasteiger partial charge in [0.2, 0.25) is 0 Å². The zero-order chi connectivity index (χ0) is 16.6. The summed E-state index contributed by atoms with van der Waals surface area (Å²) in [6.07, 6.45) is 5.29. The third-order valence-corrected chi connectivity index (χ3v) is 5.82. The molecule has 3 rings (SSSR count). The predicted molar refractivity (Wildman–Crippen MR) is 103 cm³/mol. The number of hydrogen-bond acceptors (Lipinski definition) is 3. The molecule has 1 aromatic carbocycles. The van der Waals surface area contributed by atoms with E-state index < -0.39 is 0 Å². The SMILES string of the molecule is CCNC(=NCc1ccccc1OCC1CC1)NCC1CCCS1. The Morgan fingerprint density at radius 3 is 2.88 bits per heavy atom. The minimum absolute atomic E-state index is 0.647. The van der Waals surface area contributed by atoms with Gasteiger partial charge in [-0.3, -0.25) is 0 Å². The van der Waals surface area contributed by atoms with Gasteiger partial charge in [-0.15, -0.1) is 0 Å². The maximum absolute atomic E-state index is 5.98. The minimum atomic E-state index is 0.647. The standard InChI is InChI=1S/C19H29N3OS/c1-2-20-19(22-13-17-7-5-11-24-17)21-12-16-6-3-4-8-18(16)23-14-15-9-10-15/h3-4,6,8,15,17H,2,5,7,9-14H2,1H3,(H2,20,21,22). The largest absolute Gasteiger partial charge is 0.493 e. The van der Waals surface area contributed by atoms with Crippen LogP contribution in [0.2, 0.25) is 0 Å². The third-order valence-electron chi connectivity index (χ3n) is 4.42. The van der Waals surface area contributed by atoms with Gasteiger partial charge in [-0.25, -0.2) is 4.99 Å². The molecule has 1 aliphatic carbocycles. The van der Waals surface area contributed by atoms with Crippen molar-refractivity contribution < 1.29 is 4.74 Å². The van der Waals surface area contributed by atoms with Gasteiger partial charge in [0.1, 0.15) is 5.75 Å². The molecule has 0 amide bonds. The fraction of sp³-hybridized carbons (Fsp3) is 0.632. The molecule has 1 aliphatic heterocycles. The van der Waals surface area contributed by atoms with E-state index in [0.29, 0.717) is 6.54 Å². The molecule has 4 nitrogen and oxygen atoms in total. The summed E-state index contributed by atoms with van der Waals surface area (Å²) in [6, 6.07) is 8.27. The summed E-state index contributed by atoms with van der Waals surface area (Å²) in [7, 11) is 0. The highest BCUT2D eigenvalue weighted by Gasteiger charge is 2.22. The Labute approximate surface area is 149 Å². The van der Waals surface area contributed by atoms with Crippen LogP contribution in [0, 0.1) is 5.92 Å². The van der Waals surface area contributed by atoms with Gasteiger partial charge >= 0.3 is 0 Å². The maximum atomic E-state index is 5.98. The zero-order valence-electron chi connectivity index (χ0n) is 14.6. The van der Waals surface area contributed by atoms with Gasteiger partial charge < -0.3 is 15.4 Å². The molecule has 0 radical (unpaired) electrons. The average Bonchev–Trinajstić information content (AvgIpc) is 3.29. The Balaban J connectivity index is 1.55. The van der Waals surface area contributed by atoms with Gasteiger partial charge in [0.05, 0.1) is 13.2 Å². The minimum Gasteiger partial charge on any atom is -0.493 e. The van der Waals surface area contributed by atoms with Gasteiger partial charge in [-0.2, -0.15) is 11.8 Å². The molecule has 2 N–H and O–H groups in total. The lowest BCUT2D eigenvalue weighted by molar-refractivity contribution is 0.297. The Bertz CT molecular complexity index is 539. The first-order chi connectivity index (χ1) is 11.8. The van der Waals surface area contributed by atoms with Crippen LogP contribution in [-0.4, -0.2) is 36.7 Å². The van der Waals surface area contributed by atoms with Crippen molar-refractivity contribution in [3.63, 3.8) is 0 Å². The van der Waals surface area contributed by atoms with Crippen molar-refractivity contribution in [2.75, 3.05) is 25.4 Å². The van der Waals surface area contributed by atoms with Crippen molar-refractivity contribution in [3.8, 4) is 5.75 Å². The van der Waals surface area contributed by atoms with Crippen LogP contribution < -0.4 is 15.4 Å². The molecule has 24 heavy (non-hydrogen) atoms. The molecule has 5 heteroatoms. The summed E-state index contributed by atoms with van der Waals surface area (Å²) < 4.78 is 5.98. The lowest BCUT2D eigenvalue weighted by atomic mass is 10.2. The third kappa shape index (κ3) is 5.62. The summed E-state index contributed by atoms with van der Waals surface area (Å²) >= 11 is 2.07. The van der Waals surface area contributed by atoms with Crippen molar-refractivity contribution in [2.45, 2.75) is 44.4 Å². The van der Waals surface area contributed by atoms with E-state index in [9.17, 15) is 0 Å². The van der Waals surface area contributed by atoms with E-state index >= 15 is 0 Å². The van der Waals surface area contributed by atoms with Gasteiger partial charge in [-0.05, 0) is 50.3 Å². The second-order valence-corrected chi connectivity index (χ2v) is 7.98. The molecule has 1 atom stereocenters. The van der Waals surface area contributed by atoms with Crippen LogP contribution in [0.3, 0.4) is 0 Å². The Hall–Kier alpha value is -1.36. The zero-order valence-corrected chi connectivity index (χ0v) is 15.4. The summed E-state index contributed by atoms with van der Waals surface area (Å²) in [5.74, 6) is 3.95. The molecular weight excluding hydrogens is 318 g/mol. The Morgan fingerprint density at radius 2 is 2.12 bits per heavy atom. The highest BCUT2D eigenvalue weighted by molar-refractivity contribution is 8.00. The topological polar surface area (TPSA) is 45.7 Å². The number of thioether (sulfide) groups is 1. The summed E-state index contributed by atoms with van der Waals surface area (Å²) in [4.78, 5) is 4.75. The van der Waals surface area contributed by atoms with Crippen molar-refractivity contribution in [1.82, 2.24) is 10.6 Å². The second-order valence-electron chi connectivity index (χ2n) is 6.57. The number of ether oxygens (including phenoxy) is 1. The summed E-state index contributed by atoms with van der Waals surface area (Å²) in [6.45, 7) is 5.47. The molecule has 1 heterocycles. The number of para-hydroxylation sites is 1. The van der Waals surface area contributed by atoms with Crippen LogP contribution in [0.15, 0.2) is 29.3 Å². The lowest BCUT2D eigenvalue weighted by Gasteiger charge is -2.15. The molecular formula is C19H29N3OS. The first kappa shape index (κ1) is 17.5. The van der Waals surface area contributed by atoms with Gasteiger partial charge in [-0.1, -0.05) is 18.2 Å². The molecule has 0 spiro atoms. The van der Waals surface area contributed by atoms with Crippen molar-refractivity contribution in [3.05, 3.63) is 29.8 Å². The number of benzene rings is 1. The summed E-state index contributed by atoms with van der Waals surface area (Å²) in [5, 5.41) is 7.56. The van der Waals surface area contributed by atoms with Crippen LogP contribution in [0.1, 0.15) is 38.2 Å². The maximum Gasteiger partial charge on any atom is 0.191 e. The van der Waals surface area contributed by atoms with Crippen LogP contribution >= 0.6 is 11.8 Å². The van der Waals surface area contributed by atoms with Crippen LogP contribution in [-0.2, 0) is 6.54 Å². The van der Waals surface area contributed by atoms with Gasteiger partial charge in [0.25, 0.3) is 0 Å². The van der Waals surface area contributed by atoms with E-state index in [0.717, 1.165) is 48.1 Å². The van der Waals surface area contributed by atoms with E-state index in [2.05, 4.69) is 47.5 Å². The second kappa shape index (κ2) is 9.21. The quantitative estimate of drug-likeness (QED) is 0.559. The molecule has 1 unspecified atom stereocenters. The van der Waals surface area contributed by atoms with Gasteiger partial charge in [0, 0.05) is 23.9 Å². The number of guanidine groups is 1. The lowest BCUT2D eigenvalue weighted by Crippen LogP contribution is -2.40. The van der Waals surface area contributed by atoms with Crippen molar-refractivity contribution in [2.24, 2.45) is 10.9 Å². The first-order valence-corrected chi connectivity index (χ1v) is 10.2. The smallest absolute Gasteiger partial charge is 0.191 e. The van der Waals surface area contributed by atoms with Crippen LogP contribution in [0.25, 0.3) is 0 Å². The Morgan fingerprint density at radius 1 is 1.25 bits per heavy atom. The van der Waals surface area contributed by atoms with Gasteiger partial charge in [0.15, 0.2) is 5.96 Å². The molecule has 0 bridgehead atoms. The van der Waals surface area contributed by atoms with Crippen LogP contribution in [0.5, 0.6) is 5.75 Å². The Kier molecular flexibility index (Phi) is 6.70. The molecule has 132 valence electrons. The highest BCUT2D eigenvalue weighted by Crippen LogP contribution is 2.30. The van der Waals surface area contributed by atoms with E-state index in [1.807, 2.05) is 6.07 Å². The number of rotatable bonds is 8. The molecule has 1 aromatic rings. The fourth-order valence-corrected chi connectivity index (χ4v) is 3.99. The number of aliphatic imine (C=N–C) groups is 1. The predicted octanol–water partition coefficient (Wildman–Crippen LogP) is 3.43. The number of hydrogen-bond donors (Lipinski definition) is 2. The van der Waals surface area contributed by atoms with E-state index in [-0.39, 0.29) is 0 Å². The molecule has 2 fully saturated rings. The normalized spacial score (nSPS) is 20.9. The highest BCUT2D eigenvalue weighted by atomic mass is 32.2. The summed E-state index contributed by atoms with van der Waals surface area (Å²) in [5.41, 5.74) is 1.16. The van der Waals surface area contributed by atoms with E-state index in [1.54, 1.807) is 0 Å². The van der Waals surface area contributed by atoms with E-state index in [4.69, 9.17) is 9.73 Å². The van der Waals surface area contributed by atoms with Crippen molar-refractivity contribution in [1.29, 1.82) is 0 Å². The van der Waals surface area contributed by atoms with E-state index in [1.165, 1.54) is 31.4 Å². The number of nitrogens with one attached hydrogen (secondary N) is 2. The molecule has 1 saturated heterocycles.